The predicted octanol–water partition coefficient (Wildman–Crippen LogP) is 3.50. The van der Waals surface area contributed by atoms with E-state index >= 15 is 0 Å². The van der Waals surface area contributed by atoms with Gasteiger partial charge in [0, 0.05) is 0 Å². The topological polar surface area (TPSA) is 146 Å². The van der Waals surface area contributed by atoms with E-state index < -0.39 is 68.2 Å². The molecule has 3 heterocycles. The maximum Gasteiger partial charge on any atom is 0.403 e. The van der Waals surface area contributed by atoms with Gasteiger partial charge >= 0.3 is 33.3 Å². The molecule has 2 aromatic rings. The van der Waals surface area contributed by atoms with Crippen LogP contribution in [0.3, 0.4) is 0 Å². The molecule has 0 saturated heterocycles. The summed E-state index contributed by atoms with van der Waals surface area (Å²) in [6, 6.07) is 0. The minimum absolute atomic E-state index is 0.194. The van der Waals surface area contributed by atoms with Crippen LogP contribution < -0.4 is 9.47 Å². The molecule has 4 fully saturated rings. The number of alkyl halides is 3. The normalized spacial score (nSPS) is 29.6. The molecule has 6 bridgehead atoms. The molecule has 2 aromatic heterocycles. The molecule has 1 aliphatic heterocycles. The Bertz CT molecular complexity index is 1380. The molecule has 36 heavy (non-hydrogen) atoms. The first-order valence-electron chi connectivity index (χ1n) is 11.3. The van der Waals surface area contributed by atoms with Gasteiger partial charge in [0.15, 0.2) is 11.2 Å². The van der Waals surface area contributed by atoms with Crippen molar-refractivity contribution in [2.45, 2.75) is 50.0 Å². The zero-order valence-electron chi connectivity index (χ0n) is 18.4. The van der Waals surface area contributed by atoms with E-state index in [9.17, 15) is 36.0 Å². The van der Waals surface area contributed by atoms with E-state index in [0.29, 0.717) is 37.0 Å². The van der Waals surface area contributed by atoms with Crippen LogP contribution in [0.4, 0.5) is 13.2 Å². The van der Waals surface area contributed by atoms with Crippen molar-refractivity contribution in [1.82, 2.24) is 0 Å². The van der Waals surface area contributed by atoms with Crippen LogP contribution in [0, 0.1) is 23.2 Å². The van der Waals surface area contributed by atoms with Crippen molar-refractivity contribution in [2.24, 2.45) is 23.2 Å². The maximum absolute atomic E-state index is 13.8. The number of benzene rings is 1. The van der Waals surface area contributed by atoms with E-state index in [1.165, 1.54) is 0 Å². The molecule has 194 valence electrons. The molecule has 4 aliphatic carbocycles. The summed E-state index contributed by atoms with van der Waals surface area (Å²) < 4.78 is 91.1. The lowest BCUT2D eigenvalue weighted by Crippen LogP contribution is -2.51. The third kappa shape index (κ3) is 3.19. The lowest BCUT2D eigenvalue weighted by molar-refractivity contribution is -0.161. The maximum atomic E-state index is 13.8. The smallest absolute Gasteiger partial charge is 0.403 e. The van der Waals surface area contributed by atoms with Gasteiger partial charge in [-0.15, -0.1) is 0 Å². The number of carbonyl (C=O) groups excluding carboxylic acids is 3. The largest absolute Gasteiger partial charge is 0.459 e. The van der Waals surface area contributed by atoms with Gasteiger partial charge < -0.3 is 18.6 Å². The van der Waals surface area contributed by atoms with Gasteiger partial charge in [-0.3, -0.25) is 9.35 Å². The van der Waals surface area contributed by atoms with E-state index in [0.717, 1.165) is 19.3 Å². The molecule has 0 aromatic carbocycles. The highest BCUT2D eigenvalue weighted by Gasteiger charge is 2.57. The van der Waals surface area contributed by atoms with Crippen LogP contribution in [0.1, 0.15) is 59.2 Å². The second-order valence-corrected chi connectivity index (χ2v) is 11.7. The van der Waals surface area contributed by atoms with Crippen LogP contribution >= 0.6 is 0 Å². The number of carbonyl (C=O) groups is 3. The van der Waals surface area contributed by atoms with Gasteiger partial charge in [0.25, 0.3) is 0 Å². The Kier molecular flexibility index (Phi) is 4.80. The predicted molar refractivity (Wildman–Crippen MR) is 110 cm³/mol. The molecular weight excluding hydrogens is 513 g/mol. The van der Waals surface area contributed by atoms with Crippen LogP contribution in [0.5, 0.6) is 11.5 Å². The van der Waals surface area contributed by atoms with Gasteiger partial charge in [-0.2, -0.15) is 17.2 Å². The number of hydrogen-bond donors (Lipinski definition) is 1. The van der Waals surface area contributed by atoms with E-state index in [2.05, 4.69) is 4.74 Å². The van der Waals surface area contributed by atoms with E-state index in [1.807, 2.05) is 0 Å². The quantitative estimate of drug-likeness (QED) is 0.319. The van der Waals surface area contributed by atoms with Crippen LogP contribution in [0.15, 0.2) is 4.42 Å². The Balaban J connectivity index is 1.26. The molecule has 7 rings (SSSR count). The number of hydrogen-bond acceptors (Lipinski definition) is 9. The number of furan rings is 2. The summed E-state index contributed by atoms with van der Waals surface area (Å²) in [7, 11) is -6.12. The Morgan fingerprint density at radius 1 is 1.11 bits per heavy atom. The highest BCUT2D eigenvalue weighted by molar-refractivity contribution is 7.86. The monoisotopic (exact) mass is 532 g/mol. The third-order valence-corrected chi connectivity index (χ3v) is 8.81. The summed E-state index contributed by atoms with van der Waals surface area (Å²) in [6.07, 6.45) is 1.63. The Morgan fingerprint density at radius 3 is 2.25 bits per heavy atom. The summed E-state index contributed by atoms with van der Waals surface area (Å²) >= 11 is 0. The third-order valence-electron chi connectivity index (χ3n) is 7.87. The summed E-state index contributed by atoms with van der Waals surface area (Å²) in [6.45, 7) is -1.76. The van der Waals surface area contributed by atoms with Crippen molar-refractivity contribution in [2.75, 3.05) is 6.61 Å². The molecule has 0 amide bonds. The first-order chi connectivity index (χ1) is 16.8. The fraction of sp³-hybridized carbons (Fsp3) is 0.591. The van der Waals surface area contributed by atoms with Crippen molar-refractivity contribution in [3.63, 3.8) is 0 Å². The SMILES string of the molecule is O=C1Oc2c(OC(=O)C34CC5CC(CC(C5)C3)C4)c3oc2c1c3C(=O)OCC(F)C(F)(F)S(=O)(=O)O. The van der Waals surface area contributed by atoms with Crippen LogP contribution in [0.2, 0.25) is 0 Å². The van der Waals surface area contributed by atoms with Gasteiger partial charge in [-0.25, -0.2) is 14.0 Å². The highest BCUT2D eigenvalue weighted by Crippen LogP contribution is 2.61. The molecule has 5 aliphatic rings. The van der Waals surface area contributed by atoms with Crippen molar-refractivity contribution in [1.29, 1.82) is 0 Å². The standard InChI is InChI=1S/C22H19F3O10S/c23-11(22(24,25)36(29,30)31)7-32-18(26)12-13-15-16(34-19(13)27)17(14(12)33-15)35-20(28)21-4-8-1-9(5-21)3-10(2-8)6-21/h8-11H,1-7H2,(H,29,30,31). The number of halogens is 3. The number of ether oxygens (including phenoxy) is 3. The molecule has 1 unspecified atom stereocenters. The second kappa shape index (κ2) is 7.34. The van der Waals surface area contributed by atoms with Crippen molar-refractivity contribution in [3.8, 4) is 11.5 Å². The van der Waals surface area contributed by atoms with Crippen LogP contribution in [-0.4, -0.2) is 48.9 Å². The van der Waals surface area contributed by atoms with E-state index in [1.54, 1.807) is 0 Å². The highest BCUT2D eigenvalue weighted by atomic mass is 32.2. The average Bonchev–Trinajstić information content (AvgIpc) is 3.39. The minimum atomic E-state index is -6.12. The summed E-state index contributed by atoms with van der Waals surface area (Å²) in [5.41, 5.74) is -2.34. The zero-order valence-corrected chi connectivity index (χ0v) is 19.2. The van der Waals surface area contributed by atoms with E-state index in [4.69, 9.17) is 18.4 Å². The van der Waals surface area contributed by atoms with Gasteiger partial charge in [0.2, 0.25) is 17.7 Å². The summed E-state index contributed by atoms with van der Waals surface area (Å²) in [4.78, 5) is 38.3. The van der Waals surface area contributed by atoms with Crippen molar-refractivity contribution < 1.29 is 59.2 Å². The molecule has 1 N–H and O–H groups in total. The Morgan fingerprint density at radius 2 is 1.69 bits per heavy atom. The number of esters is 3. The lowest BCUT2D eigenvalue weighted by atomic mass is 9.49. The van der Waals surface area contributed by atoms with Crippen LogP contribution in [-0.2, 0) is 19.6 Å². The Hall–Kier alpha value is -2.87. The van der Waals surface area contributed by atoms with Crippen molar-refractivity contribution >= 4 is 39.2 Å². The molecule has 0 radical (unpaired) electrons. The molecule has 10 nitrogen and oxygen atoms in total. The van der Waals surface area contributed by atoms with Gasteiger partial charge in [0.05, 0.1) is 5.41 Å². The number of rotatable bonds is 7. The molecule has 1 atom stereocenters. The van der Waals surface area contributed by atoms with Crippen molar-refractivity contribution in [3.05, 3.63) is 11.1 Å². The fourth-order valence-corrected chi connectivity index (χ4v) is 7.11. The molecule has 4 saturated carbocycles. The first-order valence-corrected chi connectivity index (χ1v) is 12.8. The van der Waals surface area contributed by atoms with E-state index in [-0.39, 0.29) is 17.1 Å². The molecule has 0 spiro atoms. The lowest BCUT2D eigenvalue weighted by Gasteiger charge is -2.55. The number of fused-ring (bicyclic) bond motifs is 1. The van der Waals surface area contributed by atoms with Gasteiger partial charge in [-0.1, -0.05) is 0 Å². The molecular formula is C22H19F3O10S. The molecule has 14 heteroatoms. The van der Waals surface area contributed by atoms with Gasteiger partial charge in [0.1, 0.15) is 17.7 Å². The zero-order chi connectivity index (χ0) is 25.8. The first kappa shape index (κ1) is 23.5. The fourth-order valence-electron chi connectivity index (χ4n) is 6.72. The Labute approximate surface area is 201 Å². The second-order valence-electron chi connectivity index (χ2n) is 10.2. The van der Waals surface area contributed by atoms with Crippen LogP contribution in [0.25, 0.3) is 11.2 Å². The average molecular weight is 532 g/mol. The summed E-state index contributed by atoms with van der Waals surface area (Å²) in [5.74, 6) is -2.34. The minimum Gasteiger partial charge on any atom is -0.459 e. The summed E-state index contributed by atoms with van der Waals surface area (Å²) in [5, 5.41) is -5.24. The van der Waals surface area contributed by atoms with Gasteiger partial charge in [-0.05, 0) is 56.3 Å².